The van der Waals surface area contributed by atoms with Crippen molar-refractivity contribution in [2.45, 2.75) is 41.5 Å². The van der Waals surface area contributed by atoms with Crippen LogP contribution in [0.1, 0.15) is 30.2 Å². The summed E-state index contributed by atoms with van der Waals surface area (Å²) in [6.45, 7) is 2.52. The molecule has 0 saturated carbocycles. The Morgan fingerprint density at radius 3 is 2.47 bits per heavy atom. The summed E-state index contributed by atoms with van der Waals surface area (Å²) in [4.78, 5) is 3.77. The zero-order valence-electron chi connectivity index (χ0n) is 18.1. The molecule has 1 unspecified atom stereocenters. The highest BCUT2D eigenvalue weighted by Crippen LogP contribution is 2.30. The fourth-order valence-corrected chi connectivity index (χ4v) is 10.2. The van der Waals surface area contributed by atoms with Crippen LogP contribution >= 0.6 is 11.3 Å². The van der Waals surface area contributed by atoms with Gasteiger partial charge in [0.2, 0.25) is 0 Å². The third-order valence-electron chi connectivity index (χ3n) is 6.36. The largest absolute Gasteiger partial charge is 0.497 e. The molecule has 0 radical (unpaired) electrons. The van der Waals surface area contributed by atoms with Crippen molar-refractivity contribution >= 4 is 31.0 Å². The zero-order valence-corrected chi connectivity index (χ0v) is 20.6. The number of ether oxygens (including phenoxy) is 1. The van der Waals surface area contributed by atoms with Crippen molar-refractivity contribution in [3.8, 4) is 5.75 Å². The molecule has 2 aromatic rings. The molecule has 3 heterocycles. The van der Waals surface area contributed by atoms with Gasteiger partial charge >= 0.3 is 0 Å². The molecule has 0 bridgehead atoms. The number of nitrogens with one attached hydrogen (secondary N) is 1. The molecule has 2 aliphatic rings. The van der Waals surface area contributed by atoms with Crippen molar-refractivity contribution in [3.05, 3.63) is 46.7 Å². The Morgan fingerprint density at radius 1 is 1.12 bits per heavy atom. The summed E-state index contributed by atoms with van der Waals surface area (Å²) < 4.78 is 56.8. The number of methoxy groups -OCH3 is 1. The van der Waals surface area contributed by atoms with Crippen molar-refractivity contribution in [2.75, 3.05) is 38.2 Å². The van der Waals surface area contributed by atoms with E-state index in [2.05, 4.69) is 16.3 Å². The topological polar surface area (TPSA) is 92.8 Å². The van der Waals surface area contributed by atoms with E-state index < -0.39 is 31.0 Å². The van der Waals surface area contributed by atoms with Crippen molar-refractivity contribution in [1.29, 1.82) is 0 Å². The van der Waals surface area contributed by atoms with Crippen LogP contribution in [0.15, 0.2) is 46.7 Å². The first kappa shape index (κ1) is 23.7. The highest BCUT2D eigenvalue weighted by atomic mass is 32.2. The average molecular weight is 499 g/mol. The number of thiophene rings is 1. The summed E-state index contributed by atoms with van der Waals surface area (Å²) in [5, 5.41) is 4.39. The number of likely N-dealkylation sites (tertiary alicyclic amines) is 1. The lowest BCUT2D eigenvalue weighted by atomic mass is 10.1. The van der Waals surface area contributed by atoms with Crippen LogP contribution in [0.3, 0.4) is 0 Å². The van der Waals surface area contributed by atoms with Crippen LogP contribution in [0.4, 0.5) is 0 Å². The Morgan fingerprint density at radius 2 is 1.84 bits per heavy atom. The summed E-state index contributed by atoms with van der Waals surface area (Å²) in [5.41, 5.74) is 0. The second-order valence-electron chi connectivity index (χ2n) is 8.48. The Bertz CT molecular complexity index is 1090. The summed E-state index contributed by atoms with van der Waals surface area (Å²) >= 11 is 1.68. The SMILES string of the molecule is COc1ccc(S(=O)(=O)[C@H]2CS(=O)(=O)C[C@@H]2NCC(c2cccs2)N2CCCCC2)cc1. The van der Waals surface area contributed by atoms with Crippen LogP contribution in [0.2, 0.25) is 0 Å². The minimum atomic E-state index is -3.82. The normalized spacial score (nSPS) is 24.9. The second-order valence-corrected chi connectivity index (χ2v) is 13.8. The van der Waals surface area contributed by atoms with Gasteiger partial charge in [-0.2, -0.15) is 0 Å². The van der Waals surface area contributed by atoms with Crippen LogP contribution in [0.25, 0.3) is 0 Å². The minimum absolute atomic E-state index is 0.114. The number of piperidine rings is 1. The summed E-state index contributed by atoms with van der Waals surface area (Å²) in [6.07, 6.45) is 3.52. The van der Waals surface area contributed by atoms with Gasteiger partial charge < -0.3 is 10.1 Å². The van der Waals surface area contributed by atoms with E-state index in [0.29, 0.717) is 12.3 Å². The van der Waals surface area contributed by atoms with Gasteiger partial charge in [0, 0.05) is 17.5 Å². The van der Waals surface area contributed by atoms with E-state index in [-0.39, 0.29) is 22.4 Å². The standard InChI is InChI=1S/C22H30N2O5S3/c1-29-17-7-9-18(10-8-17)32(27,28)22-16-31(25,26)15-19(22)23-14-20(21-6-5-13-30-21)24-11-3-2-4-12-24/h5-10,13,19-20,22-23H,2-4,11-12,14-16H2,1H3/t19-,20?,22-/m0/s1. The van der Waals surface area contributed by atoms with Crippen LogP contribution in [0, 0.1) is 0 Å². The molecule has 2 saturated heterocycles. The fraction of sp³-hybridized carbons (Fsp3) is 0.545. The number of rotatable bonds is 8. The van der Waals surface area contributed by atoms with E-state index in [1.54, 1.807) is 23.5 Å². The van der Waals surface area contributed by atoms with Gasteiger partial charge in [-0.15, -0.1) is 11.3 Å². The smallest absolute Gasteiger partial charge is 0.183 e. The van der Waals surface area contributed by atoms with Crippen LogP contribution in [-0.4, -0.2) is 71.3 Å². The van der Waals surface area contributed by atoms with Crippen molar-refractivity contribution in [2.24, 2.45) is 0 Å². The van der Waals surface area contributed by atoms with Gasteiger partial charge in [0.1, 0.15) is 5.75 Å². The molecule has 2 fully saturated rings. The number of nitrogens with zero attached hydrogens (tertiary/aromatic N) is 1. The molecule has 10 heteroatoms. The number of benzene rings is 1. The van der Waals surface area contributed by atoms with Gasteiger partial charge in [0.05, 0.1) is 34.8 Å². The molecule has 7 nitrogen and oxygen atoms in total. The molecule has 4 rings (SSSR count). The van der Waals surface area contributed by atoms with E-state index in [0.717, 1.165) is 25.9 Å². The molecular weight excluding hydrogens is 468 g/mol. The summed E-state index contributed by atoms with van der Waals surface area (Å²) in [7, 11) is -5.76. The molecule has 3 atom stereocenters. The summed E-state index contributed by atoms with van der Waals surface area (Å²) in [5.74, 6) is 0.0365. The fourth-order valence-electron chi connectivity index (χ4n) is 4.64. The van der Waals surface area contributed by atoms with E-state index in [1.165, 1.54) is 30.5 Å². The quantitative estimate of drug-likeness (QED) is 0.598. The van der Waals surface area contributed by atoms with Crippen LogP contribution < -0.4 is 10.1 Å². The Labute approximate surface area is 194 Å². The first-order valence-electron chi connectivity index (χ1n) is 10.9. The minimum Gasteiger partial charge on any atom is -0.497 e. The Kier molecular flexibility index (Phi) is 7.26. The molecule has 2 aliphatic heterocycles. The third-order valence-corrected chi connectivity index (χ3v) is 11.5. The lowest BCUT2D eigenvalue weighted by molar-refractivity contribution is 0.160. The highest BCUT2D eigenvalue weighted by Gasteiger charge is 2.46. The van der Waals surface area contributed by atoms with E-state index in [1.807, 2.05) is 11.4 Å². The molecule has 32 heavy (non-hydrogen) atoms. The van der Waals surface area contributed by atoms with E-state index in [4.69, 9.17) is 4.74 Å². The number of sulfone groups is 2. The average Bonchev–Trinajstić information content (AvgIpc) is 3.43. The van der Waals surface area contributed by atoms with E-state index in [9.17, 15) is 16.8 Å². The van der Waals surface area contributed by atoms with Gasteiger partial charge in [-0.1, -0.05) is 12.5 Å². The number of hydrogen-bond acceptors (Lipinski definition) is 8. The molecule has 176 valence electrons. The van der Waals surface area contributed by atoms with Crippen molar-refractivity contribution < 1.29 is 21.6 Å². The maximum atomic E-state index is 13.4. The first-order chi connectivity index (χ1) is 15.3. The van der Waals surface area contributed by atoms with Gasteiger partial charge in [-0.25, -0.2) is 16.8 Å². The molecular formula is C22H30N2O5S3. The molecule has 0 amide bonds. The number of hydrogen-bond donors (Lipinski definition) is 1. The van der Waals surface area contributed by atoms with Gasteiger partial charge in [0.25, 0.3) is 0 Å². The summed E-state index contributed by atoms with van der Waals surface area (Å²) in [6, 6.07) is 9.74. The first-order valence-corrected chi connectivity index (χ1v) is 15.1. The molecule has 0 spiro atoms. The molecule has 1 aromatic carbocycles. The van der Waals surface area contributed by atoms with Crippen molar-refractivity contribution in [3.63, 3.8) is 0 Å². The predicted molar refractivity (Wildman–Crippen MR) is 127 cm³/mol. The Hall–Kier alpha value is -1.46. The van der Waals surface area contributed by atoms with Crippen molar-refractivity contribution in [1.82, 2.24) is 10.2 Å². The van der Waals surface area contributed by atoms with E-state index >= 15 is 0 Å². The zero-order chi connectivity index (χ0) is 22.8. The second kappa shape index (κ2) is 9.80. The van der Waals surface area contributed by atoms with Gasteiger partial charge in [0.15, 0.2) is 19.7 Å². The molecule has 1 aromatic heterocycles. The highest BCUT2D eigenvalue weighted by molar-refractivity contribution is 7.96. The molecule has 1 N–H and O–H groups in total. The lowest BCUT2D eigenvalue weighted by Crippen LogP contribution is -2.47. The Balaban J connectivity index is 1.55. The lowest BCUT2D eigenvalue weighted by Gasteiger charge is -2.35. The maximum absolute atomic E-state index is 13.4. The third kappa shape index (κ3) is 5.20. The van der Waals surface area contributed by atoms with Gasteiger partial charge in [-0.05, 0) is 61.6 Å². The van der Waals surface area contributed by atoms with Crippen LogP contribution in [0.5, 0.6) is 5.75 Å². The van der Waals surface area contributed by atoms with Crippen LogP contribution in [-0.2, 0) is 19.7 Å². The van der Waals surface area contributed by atoms with Gasteiger partial charge in [-0.3, -0.25) is 4.90 Å². The maximum Gasteiger partial charge on any atom is 0.183 e. The molecule has 0 aliphatic carbocycles. The predicted octanol–water partition coefficient (Wildman–Crippen LogP) is 2.51. The monoisotopic (exact) mass is 498 g/mol.